The number of likely N-dealkylation sites (N-methyl/N-ethyl adjacent to an activating group) is 1. The average molecular weight is 193 g/mol. The van der Waals surface area contributed by atoms with Gasteiger partial charge in [-0.05, 0) is 26.4 Å². The van der Waals surface area contributed by atoms with Gasteiger partial charge in [0.15, 0.2) is 0 Å². The second kappa shape index (κ2) is 3.69. The van der Waals surface area contributed by atoms with Crippen LogP contribution in [0.3, 0.4) is 0 Å². The molecular formula is C6H15N3O2S. The van der Waals surface area contributed by atoms with Gasteiger partial charge in [0.2, 0.25) is 0 Å². The minimum absolute atomic E-state index is 0.0150. The van der Waals surface area contributed by atoms with Gasteiger partial charge in [0.1, 0.15) is 0 Å². The molecule has 0 aromatic carbocycles. The number of hydrogen-bond acceptors (Lipinski definition) is 3. The first-order chi connectivity index (χ1) is 5.47. The van der Waals surface area contributed by atoms with Gasteiger partial charge in [-0.3, -0.25) is 0 Å². The summed E-state index contributed by atoms with van der Waals surface area (Å²) in [5.74, 6) is 0. The van der Waals surface area contributed by atoms with E-state index in [1.165, 1.54) is 0 Å². The van der Waals surface area contributed by atoms with Gasteiger partial charge in [0, 0.05) is 12.6 Å². The minimum atomic E-state index is -3.52. The molecule has 0 spiro atoms. The summed E-state index contributed by atoms with van der Waals surface area (Å²) in [5, 5.41) is 4.85. The number of nitrogens with one attached hydrogen (secondary N) is 1. The third kappa shape index (κ3) is 3.48. The van der Waals surface area contributed by atoms with Crippen LogP contribution in [0.2, 0.25) is 0 Å². The zero-order valence-corrected chi connectivity index (χ0v) is 7.97. The zero-order chi connectivity index (χ0) is 9.19. The van der Waals surface area contributed by atoms with Crippen LogP contribution in [0.25, 0.3) is 0 Å². The summed E-state index contributed by atoms with van der Waals surface area (Å²) < 4.78 is 23.7. The lowest BCUT2D eigenvalue weighted by Crippen LogP contribution is -2.48. The van der Waals surface area contributed by atoms with Gasteiger partial charge in [-0.25, -0.2) is 5.14 Å². The number of piperidine rings is 1. The van der Waals surface area contributed by atoms with Crippen LogP contribution in [0.1, 0.15) is 12.8 Å². The Kier molecular flexibility index (Phi) is 3.05. The molecule has 12 heavy (non-hydrogen) atoms. The maximum absolute atomic E-state index is 10.7. The molecule has 1 atom stereocenters. The molecule has 1 aliphatic rings. The molecule has 1 heterocycles. The summed E-state index contributed by atoms with van der Waals surface area (Å²) >= 11 is 0. The summed E-state index contributed by atoms with van der Waals surface area (Å²) in [4.78, 5) is 2.09. The molecule has 6 heteroatoms. The van der Waals surface area contributed by atoms with Gasteiger partial charge in [-0.2, -0.15) is 13.1 Å². The summed E-state index contributed by atoms with van der Waals surface area (Å²) in [7, 11) is -1.55. The second-order valence-electron chi connectivity index (χ2n) is 3.26. The van der Waals surface area contributed by atoms with Crippen LogP contribution < -0.4 is 9.86 Å². The van der Waals surface area contributed by atoms with E-state index in [0.29, 0.717) is 0 Å². The van der Waals surface area contributed by atoms with E-state index >= 15 is 0 Å². The van der Waals surface area contributed by atoms with Crippen LogP contribution >= 0.6 is 0 Å². The van der Waals surface area contributed by atoms with Crippen molar-refractivity contribution in [1.82, 2.24) is 9.62 Å². The molecule has 0 aliphatic carbocycles. The summed E-state index contributed by atoms with van der Waals surface area (Å²) in [5.41, 5.74) is 0. The van der Waals surface area contributed by atoms with E-state index in [0.717, 1.165) is 25.9 Å². The third-order valence-electron chi connectivity index (χ3n) is 1.96. The fourth-order valence-electron chi connectivity index (χ4n) is 1.49. The third-order valence-corrected chi connectivity index (χ3v) is 2.62. The number of likely N-dealkylation sites (tertiary alicyclic amines) is 1. The maximum Gasteiger partial charge on any atom is 0.274 e. The van der Waals surface area contributed by atoms with E-state index in [9.17, 15) is 8.42 Å². The molecule has 1 saturated heterocycles. The van der Waals surface area contributed by atoms with Crippen molar-refractivity contribution in [3.05, 3.63) is 0 Å². The largest absolute Gasteiger partial charge is 0.305 e. The molecule has 5 nitrogen and oxygen atoms in total. The van der Waals surface area contributed by atoms with Crippen molar-refractivity contribution in [3.8, 4) is 0 Å². The zero-order valence-electron chi connectivity index (χ0n) is 7.16. The first kappa shape index (κ1) is 9.91. The van der Waals surface area contributed by atoms with Crippen molar-refractivity contribution in [3.63, 3.8) is 0 Å². The van der Waals surface area contributed by atoms with Crippen molar-refractivity contribution in [2.45, 2.75) is 18.9 Å². The average Bonchev–Trinajstić information content (AvgIpc) is 1.82. The molecular weight excluding hydrogens is 178 g/mol. The number of nitrogens with zero attached hydrogens (tertiary/aromatic N) is 1. The predicted molar refractivity (Wildman–Crippen MR) is 46.8 cm³/mol. The summed E-state index contributed by atoms with van der Waals surface area (Å²) in [6, 6.07) is -0.0150. The lowest BCUT2D eigenvalue weighted by atomic mass is 10.1. The Morgan fingerprint density at radius 1 is 1.58 bits per heavy atom. The highest BCUT2D eigenvalue weighted by Gasteiger charge is 2.19. The van der Waals surface area contributed by atoms with Crippen molar-refractivity contribution >= 4 is 10.2 Å². The van der Waals surface area contributed by atoms with Crippen molar-refractivity contribution in [2.75, 3.05) is 20.1 Å². The van der Waals surface area contributed by atoms with Crippen LogP contribution in [-0.4, -0.2) is 39.5 Å². The molecule has 1 rings (SSSR count). The van der Waals surface area contributed by atoms with Crippen molar-refractivity contribution in [2.24, 2.45) is 5.14 Å². The van der Waals surface area contributed by atoms with E-state index in [-0.39, 0.29) is 6.04 Å². The summed E-state index contributed by atoms with van der Waals surface area (Å²) in [6.45, 7) is 1.78. The Morgan fingerprint density at radius 3 is 2.75 bits per heavy atom. The Labute approximate surface area is 73.1 Å². The normalized spacial score (nSPS) is 27.3. The molecule has 1 aliphatic heterocycles. The van der Waals surface area contributed by atoms with Crippen LogP contribution in [0.15, 0.2) is 0 Å². The van der Waals surface area contributed by atoms with E-state index in [1.54, 1.807) is 0 Å². The monoisotopic (exact) mass is 193 g/mol. The smallest absolute Gasteiger partial charge is 0.274 e. The fourth-order valence-corrected chi connectivity index (χ4v) is 2.15. The second-order valence-corrected chi connectivity index (χ2v) is 4.59. The molecule has 3 N–H and O–H groups in total. The quantitative estimate of drug-likeness (QED) is 0.583. The standard InChI is InChI=1S/C6H15N3O2S/c1-9-4-2-3-6(5-9)8-12(7,10)11/h6,8H,2-5H2,1H3,(H2,7,10,11)/t6-/m1/s1. The Hall–Kier alpha value is -0.170. The Morgan fingerprint density at radius 2 is 2.25 bits per heavy atom. The molecule has 0 amide bonds. The molecule has 0 radical (unpaired) electrons. The first-order valence-electron chi connectivity index (χ1n) is 3.96. The van der Waals surface area contributed by atoms with Gasteiger partial charge in [-0.15, -0.1) is 0 Å². The van der Waals surface area contributed by atoms with Gasteiger partial charge >= 0.3 is 0 Å². The highest BCUT2D eigenvalue weighted by molar-refractivity contribution is 7.87. The summed E-state index contributed by atoms with van der Waals surface area (Å²) in [6.07, 6.45) is 1.89. The molecule has 0 aromatic heterocycles. The van der Waals surface area contributed by atoms with Gasteiger partial charge < -0.3 is 4.90 Å². The number of hydrogen-bond donors (Lipinski definition) is 2. The fraction of sp³-hybridized carbons (Fsp3) is 1.00. The number of nitrogens with two attached hydrogens (primary N) is 1. The minimum Gasteiger partial charge on any atom is -0.305 e. The lowest BCUT2D eigenvalue weighted by molar-refractivity contribution is 0.242. The topological polar surface area (TPSA) is 75.4 Å². The van der Waals surface area contributed by atoms with E-state index in [2.05, 4.69) is 9.62 Å². The van der Waals surface area contributed by atoms with Gasteiger partial charge in [0.05, 0.1) is 0 Å². The van der Waals surface area contributed by atoms with Crippen LogP contribution in [0.4, 0.5) is 0 Å². The SMILES string of the molecule is CN1CCC[C@@H](NS(N)(=O)=O)C1. The van der Waals surface area contributed by atoms with Gasteiger partial charge in [0.25, 0.3) is 10.2 Å². The van der Waals surface area contributed by atoms with Crippen LogP contribution in [0.5, 0.6) is 0 Å². The molecule has 1 fully saturated rings. The van der Waals surface area contributed by atoms with Gasteiger partial charge in [-0.1, -0.05) is 0 Å². The van der Waals surface area contributed by atoms with E-state index in [4.69, 9.17) is 5.14 Å². The highest BCUT2D eigenvalue weighted by atomic mass is 32.2. The first-order valence-corrected chi connectivity index (χ1v) is 5.50. The Balaban J connectivity index is 2.43. The highest BCUT2D eigenvalue weighted by Crippen LogP contribution is 2.07. The van der Waals surface area contributed by atoms with Crippen molar-refractivity contribution < 1.29 is 8.42 Å². The maximum atomic E-state index is 10.7. The van der Waals surface area contributed by atoms with E-state index < -0.39 is 10.2 Å². The lowest BCUT2D eigenvalue weighted by Gasteiger charge is -2.29. The molecule has 0 saturated carbocycles. The van der Waals surface area contributed by atoms with Crippen molar-refractivity contribution in [1.29, 1.82) is 0 Å². The predicted octanol–water partition coefficient (Wildman–Crippen LogP) is -1.13. The molecule has 0 bridgehead atoms. The van der Waals surface area contributed by atoms with Crippen LogP contribution in [-0.2, 0) is 10.2 Å². The molecule has 0 unspecified atom stereocenters. The molecule has 72 valence electrons. The number of rotatable bonds is 2. The molecule has 0 aromatic rings. The Bertz CT molecular complexity index is 239. The van der Waals surface area contributed by atoms with Crippen LogP contribution in [0, 0.1) is 0 Å². The van der Waals surface area contributed by atoms with E-state index in [1.807, 2.05) is 7.05 Å².